The fourth-order valence-corrected chi connectivity index (χ4v) is 2.20. The summed E-state index contributed by atoms with van der Waals surface area (Å²) < 4.78 is 13.6. The number of nitrogen functional groups attached to an aromatic ring is 1. The summed E-state index contributed by atoms with van der Waals surface area (Å²) >= 11 is 0. The van der Waals surface area contributed by atoms with Gasteiger partial charge in [0.15, 0.2) is 0 Å². The molecule has 0 aliphatic heterocycles. The van der Waals surface area contributed by atoms with Crippen molar-refractivity contribution in [3.8, 4) is 0 Å². The molecule has 0 fully saturated rings. The number of carbonyl (C=O) groups excluding carboxylic acids is 1. The Morgan fingerprint density at radius 1 is 1.10 bits per heavy atom. The summed E-state index contributed by atoms with van der Waals surface area (Å²) in [5.74, 6) is -0.391. The maximum Gasteiger partial charge on any atom is 0.251 e. The van der Waals surface area contributed by atoms with Gasteiger partial charge in [0, 0.05) is 17.8 Å². The number of amides is 1. The Kier molecular flexibility index (Phi) is 4.26. The molecule has 0 saturated heterocycles. The van der Waals surface area contributed by atoms with Crippen LogP contribution in [0.5, 0.6) is 0 Å². The van der Waals surface area contributed by atoms with Crippen LogP contribution >= 0.6 is 0 Å². The van der Waals surface area contributed by atoms with Crippen LogP contribution in [0.4, 0.5) is 10.1 Å². The normalized spacial score (nSPS) is 10.5. The van der Waals surface area contributed by atoms with E-state index >= 15 is 0 Å². The minimum atomic E-state index is -0.198. The number of nitrogens with two attached hydrogens (primary N) is 1. The van der Waals surface area contributed by atoms with Crippen molar-refractivity contribution in [1.82, 2.24) is 5.32 Å². The second-order valence-corrected chi connectivity index (χ2v) is 5.30. The van der Waals surface area contributed by atoms with E-state index in [4.69, 9.17) is 5.73 Å². The quantitative estimate of drug-likeness (QED) is 0.851. The summed E-state index contributed by atoms with van der Waals surface area (Å²) in [4.78, 5) is 12.1. The Morgan fingerprint density at radius 2 is 1.71 bits per heavy atom. The van der Waals surface area contributed by atoms with Crippen molar-refractivity contribution in [2.45, 2.75) is 27.3 Å². The summed E-state index contributed by atoms with van der Waals surface area (Å²) in [6, 6.07) is 8.70. The van der Waals surface area contributed by atoms with Crippen molar-refractivity contribution in [2.75, 3.05) is 5.73 Å². The number of hydrogen-bond acceptors (Lipinski definition) is 2. The van der Waals surface area contributed by atoms with E-state index in [2.05, 4.69) is 5.32 Å². The number of hydrogen-bond donors (Lipinski definition) is 2. The number of aryl methyl sites for hydroxylation is 3. The van der Waals surface area contributed by atoms with Crippen LogP contribution in [-0.2, 0) is 6.54 Å². The highest BCUT2D eigenvalue weighted by atomic mass is 19.1. The van der Waals surface area contributed by atoms with Gasteiger partial charge in [-0.15, -0.1) is 0 Å². The Labute approximate surface area is 124 Å². The summed E-state index contributed by atoms with van der Waals surface area (Å²) in [5, 5.41) is 2.82. The molecule has 0 radical (unpaired) electrons. The van der Waals surface area contributed by atoms with Crippen LogP contribution in [0, 0.1) is 26.6 Å². The van der Waals surface area contributed by atoms with Crippen LogP contribution in [0.3, 0.4) is 0 Å². The first kappa shape index (κ1) is 15.0. The smallest absolute Gasteiger partial charge is 0.251 e. The third kappa shape index (κ3) is 3.40. The van der Waals surface area contributed by atoms with Crippen LogP contribution in [0.1, 0.15) is 32.6 Å². The van der Waals surface area contributed by atoms with Crippen LogP contribution in [0.25, 0.3) is 0 Å². The van der Waals surface area contributed by atoms with Gasteiger partial charge in [-0.25, -0.2) is 4.39 Å². The topological polar surface area (TPSA) is 55.1 Å². The van der Waals surface area contributed by atoms with Crippen molar-refractivity contribution in [3.05, 3.63) is 64.0 Å². The van der Waals surface area contributed by atoms with Gasteiger partial charge in [-0.3, -0.25) is 4.79 Å². The van der Waals surface area contributed by atoms with Gasteiger partial charge in [-0.1, -0.05) is 18.2 Å². The standard InChI is InChI=1S/C17H19FN2O/c1-10-4-5-14(8-15(10)19)17(21)20-9-13-6-11(2)16(18)12(3)7-13/h4-8H,9,19H2,1-3H3,(H,20,21). The number of benzene rings is 2. The molecule has 1 amide bonds. The molecule has 21 heavy (non-hydrogen) atoms. The van der Waals surface area contributed by atoms with Gasteiger partial charge in [0.2, 0.25) is 0 Å². The molecule has 2 rings (SSSR count). The number of anilines is 1. The lowest BCUT2D eigenvalue weighted by atomic mass is 10.1. The molecule has 2 aromatic rings. The molecule has 0 saturated carbocycles. The summed E-state index contributed by atoms with van der Waals surface area (Å²) in [5.41, 5.74) is 9.90. The lowest BCUT2D eigenvalue weighted by Crippen LogP contribution is -2.23. The number of nitrogens with one attached hydrogen (secondary N) is 1. The molecule has 0 aromatic heterocycles. The summed E-state index contributed by atoms with van der Waals surface area (Å²) in [6.45, 7) is 5.68. The lowest BCUT2D eigenvalue weighted by Gasteiger charge is -2.09. The third-order valence-corrected chi connectivity index (χ3v) is 3.49. The van der Waals surface area contributed by atoms with Gasteiger partial charge in [0.05, 0.1) is 0 Å². The number of halogens is 1. The molecular weight excluding hydrogens is 267 g/mol. The zero-order valence-corrected chi connectivity index (χ0v) is 12.5. The van der Waals surface area contributed by atoms with Gasteiger partial charge in [0.1, 0.15) is 5.82 Å². The molecule has 0 unspecified atom stereocenters. The van der Waals surface area contributed by atoms with Crippen molar-refractivity contribution < 1.29 is 9.18 Å². The van der Waals surface area contributed by atoms with Crippen LogP contribution < -0.4 is 11.1 Å². The van der Waals surface area contributed by atoms with E-state index in [-0.39, 0.29) is 11.7 Å². The molecule has 0 atom stereocenters. The van der Waals surface area contributed by atoms with E-state index in [0.29, 0.717) is 28.9 Å². The van der Waals surface area contributed by atoms with Crippen LogP contribution in [0.2, 0.25) is 0 Å². The summed E-state index contributed by atoms with van der Waals surface area (Å²) in [7, 11) is 0. The minimum absolute atomic E-state index is 0.193. The van der Waals surface area contributed by atoms with Gasteiger partial charge in [-0.05, 0) is 55.2 Å². The van der Waals surface area contributed by atoms with E-state index in [1.807, 2.05) is 13.0 Å². The lowest BCUT2D eigenvalue weighted by molar-refractivity contribution is 0.0951. The molecule has 0 bridgehead atoms. The fourth-order valence-electron chi connectivity index (χ4n) is 2.20. The van der Waals surface area contributed by atoms with Crippen molar-refractivity contribution in [3.63, 3.8) is 0 Å². The van der Waals surface area contributed by atoms with E-state index in [0.717, 1.165) is 11.1 Å². The Bertz CT molecular complexity index is 672. The third-order valence-electron chi connectivity index (χ3n) is 3.49. The zero-order valence-electron chi connectivity index (χ0n) is 12.5. The van der Waals surface area contributed by atoms with E-state index < -0.39 is 0 Å². The largest absolute Gasteiger partial charge is 0.398 e. The molecule has 0 heterocycles. The second-order valence-electron chi connectivity index (χ2n) is 5.30. The van der Waals surface area contributed by atoms with Crippen molar-refractivity contribution in [1.29, 1.82) is 0 Å². The average molecular weight is 286 g/mol. The Morgan fingerprint density at radius 3 is 2.29 bits per heavy atom. The van der Waals surface area contributed by atoms with E-state index in [9.17, 15) is 9.18 Å². The molecule has 110 valence electrons. The maximum atomic E-state index is 13.6. The first-order valence-corrected chi connectivity index (χ1v) is 6.78. The molecule has 4 heteroatoms. The molecule has 0 aliphatic carbocycles. The first-order valence-electron chi connectivity index (χ1n) is 6.78. The molecule has 0 aliphatic rings. The number of rotatable bonds is 3. The van der Waals surface area contributed by atoms with E-state index in [1.54, 1.807) is 38.1 Å². The molecule has 3 N–H and O–H groups in total. The predicted molar refractivity (Wildman–Crippen MR) is 82.6 cm³/mol. The maximum absolute atomic E-state index is 13.6. The monoisotopic (exact) mass is 286 g/mol. The highest BCUT2D eigenvalue weighted by molar-refractivity contribution is 5.95. The Balaban J connectivity index is 2.09. The summed E-state index contributed by atoms with van der Waals surface area (Å²) in [6.07, 6.45) is 0. The predicted octanol–water partition coefficient (Wildman–Crippen LogP) is 3.26. The molecule has 2 aromatic carbocycles. The Hall–Kier alpha value is -2.36. The highest BCUT2D eigenvalue weighted by Crippen LogP contribution is 2.15. The first-order chi connectivity index (χ1) is 9.88. The molecular formula is C17H19FN2O. The van der Waals surface area contributed by atoms with Gasteiger partial charge in [0.25, 0.3) is 5.91 Å². The molecule has 0 spiro atoms. The molecule has 3 nitrogen and oxygen atoms in total. The van der Waals surface area contributed by atoms with Gasteiger partial charge >= 0.3 is 0 Å². The van der Waals surface area contributed by atoms with Gasteiger partial charge < -0.3 is 11.1 Å². The second kappa shape index (κ2) is 5.95. The van der Waals surface area contributed by atoms with Crippen LogP contribution in [-0.4, -0.2) is 5.91 Å². The number of carbonyl (C=O) groups is 1. The average Bonchev–Trinajstić information content (AvgIpc) is 2.44. The highest BCUT2D eigenvalue weighted by Gasteiger charge is 2.08. The SMILES string of the molecule is Cc1ccc(C(=O)NCc2cc(C)c(F)c(C)c2)cc1N. The van der Waals surface area contributed by atoms with Crippen LogP contribution in [0.15, 0.2) is 30.3 Å². The fraction of sp³-hybridized carbons (Fsp3) is 0.235. The van der Waals surface area contributed by atoms with Crippen molar-refractivity contribution >= 4 is 11.6 Å². The zero-order chi connectivity index (χ0) is 15.6. The van der Waals surface area contributed by atoms with Gasteiger partial charge in [-0.2, -0.15) is 0 Å². The van der Waals surface area contributed by atoms with Crippen molar-refractivity contribution in [2.24, 2.45) is 0 Å². The van der Waals surface area contributed by atoms with E-state index in [1.165, 1.54) is 0 Å². The minimum Gasteiger partial charge on any atom is -0.398 e.